The largest absolute Gasteiger partial charge is 0.391 e. The van der Waals surface area contributed by atoms with Crippen LogP contribution in [0.4, 0.5) is 25.1 Å². The average Bonchev–Trinajstić information content (AvgIpc) is 3.49. The van der Waals surface area contributed by atoms with Crippen LogP contribution in [-0.2, 0) is 0 Å². The van der Waals surface area contributed by atoms with Crippen LogP contribution in [0.5, 0.6) is 0 Å². The summed E-state index contributed by atoms with van der Waals surface area (Å²) >= 11 is 0. The Balaban J connectivity index is 1.40. The van der Waals surface area contributed by atoms with Crippen LogP contribution in [0.3, 0.4) is 0 Å². The number of aliphatic hydroxyl groups is 1. The summed E-state index contributed by atoms with van der Waals surface area (Å²) in [4.78, 5) is 20.8. The number of hydrogen-bond donors (Lipinski definition) is 2. The minimum atomic E-state index is -1.24. The zero-order valence-corrected chi connectivity index (χ0v) is 16.9. The molecule has 4 atom stereocenters. The third-order valence-electron chi connectivity index (χ3n) is 6.24. The highest BCUT2D eigenvalue weighted by Gasteiger charge is 2.37. The van der Waals surface area contributed by atoms with Gasteiger partial charge in [0.1, 0.15) is 23.5 Å². The van der Waals surface area contributed by atoms with Gasteiger partial charge in [-0.05, 0) is 43.6 Å². The summed E-state index contributed by atoms with van der Waals surface area (Å²) in [6.07, 6.45) is 7.50. The first-order chi connectivity index (χ1) is 15.0. The predicted octanol–water partition coefficient (Wildman–Crippen LogP) is 2.67. The van der Waals surface area contributed by atoms with E-state index in [-0.39, 0.29) is 12.1 Å². The van der Waals surface area contributed by atoms with E-state index in [1.807, 2.05) is 4.90 Å². The van der Waals surface area contributed by atoms with Gasteiger partial charge >= 0.3 is 6.03 Å². The molecule has 2 aromatic heterocycles. The Morgan fingerprint density at radius 1 is 1.29 bits per heavy atom. The maximum atomic E-state index is 14.5. The van der Waals surface area contributed by atoms with Crippen LogP contribution < -0.4 is 10.2 Å². The van der Waals surface area contributed by atoms with Crippen molar-refractivity contribution in [3.05, 3.63) is 42.5 Å². The second-order valence-electron chi connectivity index (χ2n) is 8.27. The lowest BCUT2D eigenvalue weighted by atomic mass is 9.89. The molecule has 31 heavy (non-hydrogen) atoms. The van der Waals surface area contributed by atoms with Gasteiger partial charge in [-0.3, -0.25) is 0 Å². The molecular weight excluding hydrogens is 406 g/mol. The lowest BCUT2D eigenvalue weighted by molar-refractivity contribution is 0.176. The molecule has 2 aliphatic heterocycles. The van der Waals surface area contributed by atoms with Crippen LogP contribution in [0.25, 0.3) is 5.65 Å². The average molecular weight is 430 g/mol. The number of urea groups is 1. The Morgan fingerprint density at radius 3 is 2.97 bits per heavy atom. The van der Waals surface area contributed by atoms with Crippen LogP contribution in [-0.4, -0.2) is 68.6 Å². The molecule has 10 heteroatoms. The van der Waals surface area contributed by atoms with Crippen LogP contribution in [0.2, 0.25) is 0 Å². The number of allylic oxidation sites excluding steroid dienone is 3. The Hall–Kier alpha value is -3.01. The summed E-state index contributed by atoms with van der Waals surface area (Å²) in [5.74, 6) is -0.351. The van der Waals surface area contributed by atoms with E-state index in [0.29, 0.717) is 43.2 Å². The zero-order valence-electron chi connectivity index (χ0n) is 16.9. The molecule has 0 aromatic carbocycles. The van der Waals surface area contributed by atoms with Gasteiger partial charge in [-0.25, -0.2) is 23.1 Å². The number of carbonyl (C=O) groups excluding carboxylic acids is 1. The number of fused-ring (bicyclic) bond motifs is 1. The monoisotopic (exact) mass is 430 g/mol. The molecule has 0 saturated carbocycles. The molecule has 0 spiro atoms. The van der Waals surface area contributed by atoms with E-state index in [0.717, 1.165) is 12.8 Å². The molecule has 2 aromatic rings. The van der Waals surface area contributed by atoms with Crippen molar-refractivity contribution in [1.29, 1.82) is 0 Å². The van der Waals surface area contributed by atoms with Crippen molar-refractivity contribution < 1.29 is 18.7 Å². The van der Waals surface area contributed by atoms with Crippen LogP contribution >= 0.6 is 0 Å². The number of aliphatic hydroxyl groups excluding tert-OH is 1. The second-order valence-corrected chi connectivity index (χ2v) is 8.27. The van der Waals surface area contributed by atoms with Gasteiger partial charge in [0.15, 0.2) is 5.65 Å². The van der Waals surface area contributed by atoms with E-state index in [1.54, 1.807) is 21.7 Å². The van der Waals surface area contributed by atoms with E-state index < -0.39 is 24.0 Å². The maximum absolute atomic E-state index is 14.5. The quantitative estimate of drug-likeness (QED) is 0.782. The Bertz CT molecular complexity index is 1050. The first-order valence-electron chi connectivity index (χ1n) is 10.5. The number of nitrogens with zero attached hydrogens (tertiary/aromatic N) is 5. The van der Waals surface area contributed by atoms with E-state index in [9.17, 15) is 18.7 Å². The summed E-state index contributed by atoms with van der Waals surface area (Å²) in [5, 5.41) is 16.7. The highest BCUT2D eigenvalue weighted by atomic mass is 19.1. The minimum absolute atomic E-state index is 0.201. The first kappa shape index (κ1) is 19.9. The van der Waals surface area contributed by atoms with Crippen molar-refractivity contribution in [3.63, 3.8) is 0 Å². The zero-order chi connectivity index (χ0) is 21.5. The summed E-state index contributed by atoms with van der Waals surface area (Å²) in [5.41, 5.74) is 0.928. The number of rotatable bonds is 3. The van der Waals surface area contributed by atoms with Crippen molar-refractivity contribution in [2.24, 2.45) is 5.92 Å². The molecule has 2 amide bonds. The summed E-state index contributed by atoms with van der Waals surface area (Å²) < 4.78 is 29.9. The number of β-amino-alcohol motifs (C(OH)–C–C–N with tert-alkyl or cyclic N) is 1. The van der Waals surface area contributed by atoms with Crippen molar-refractivity contribution in [2.45, 2.75) is 37.6 Å². The van der Waals surface area contributed by atoms with Crippen LogP contribution in [0, 0.1) is 5.92 Å². The molecule has 0 bridgehead atoms. The second kappa shape index (κ2) is 7.92. The van der Waals surface area contributed by atoms with Gasteiger partial charge in [0.05, 0.1) is 12.3 Å². The van der Waals surface area contributed by atoms with Gasteiger partial charge in [0.25, 0.3) is 0 Å². The predicted molar refractivity (Wildman–Crippen MR) is 111 cm³/mol. The number of nitrogens with one attached hydrogen (secondary N) is 1. The third-order valence-corrected chi connectivity index (χ3v) is 6.24. The van der Waals surface area contributed by atoms with Gasteiger partial charge in [0.2, 0.25) is 0 Å². The van der Waals surface area contributed by atoms with Crippen molar-refractivity contribution >= 4 is 23.2 Å². The van der Waals surface area contributed by atoms with Gasteiger partial charge in [-0.15, -0.1) is 0 Å². The molecule has 5 rings (SSSR count). The normalized spacial score (nSPS) is 28.4. The molecule has 1 aliphatic carbocycles. The highest BCUT2D eigenvalue weighted by molar-refractivity contribution is 5.93. The standard InChI is InChI=1S/C21H24F2N6O2/c22-13-3-4-16(23)15(10-13)18-2-1-7-28(18)19-6-9-29-20(26-19)17(11-24-29)25-21(31)27-8-5-14(30)12-27/h3-4,6,9-11,14-16,18,30H,1-2,5,7-8,12H2,(H,25,31)/t14-,15?,16?,18+/m0/s1. The van der Waals surface area contributed by atoms with E-state index >= 15 is 0 Å². The number of aromatic nitrogens is 3. The van der Waals surface area contributed by atoms with E-state index in [1.165, 1.54) is 24.4 Å². The number of amides is 2. The van der Waals surface area contributed by atoms with Crippen molar-refractivity contribution in [1.82, 2.24) is 19.5 Å². The fourth-order valence-corrected chi connectivity index (χ4v) is 4.67. The summed E-state index contributed by atoms with van der Waals surface area (Å²) in [6.45, 7) is 1.48. The number of anilines is 2. The van der Waals surface area contributed by atoms with Crippen molar-refractivity contribution in [2.75, 3.05) is 29.9 Å². The first-order valence-corrected chi connectivity index (χ1v) is 10.5. The molecule has 2 unspecified atom stereocenters. The van der Waals surface area contributed by atoms with Gasteiger partial charge in [-0.1, -0.05) is 0 Å². The molecule has 3 aliphatic rings. The molecular formula is C21H24F2N6O2. The van der Waals surface area contributed by atoms with Gasteiger partial charge in [-0.2, -0.15) is 5.10 Å². The topological polar surface area (TPSA) is 86.0 Å². The molecule has 2 fully saturated rings. The number of hydrogen-bond acceptors (Lipinski definition) is 5. The lowest BCUT2D eigenvalue weighted by Crippen LogP contribution is -2.40. The highest BCUT2D eigenvalue weighted by Crippen LogP contribution is 2.35. The van der Waals surface area contributed by atoms with Crippen molar-refractivity contribution in [3.8, 4) is 0 Å². The third kappa shape index (κ3) is 3.76. The van der Waals surface area contributed by atoms with E-state index in [4.69, 9.17) is 0 Å². The molecule has 2 N–H and O–H groups in total. The minimum Gasteiger partial charge on any atom is -0.391 e. The number of likely N-dealkylation sites (tertiary alicyclic amines) is 1. The Morgan fingerprint density at radius 2 is 2.16 bits per heavy atom. The number of alkyl halides is 1. The fourth-order valence-electron chi connectivity index (χ4n) is 4.67. The van der Waals surface area contributed by atoms with E-state index in [2.05, 4.69) is 15.4 Å². The summed E-state index contributed by atoms with van der Waals surface area (Å²) in [6, 6.07) is 1.28. The van der Waals surface area contributed by atoms with Gasteiger partial charge in [0, 0.05) is 37.8 Å². The van der Waals surface area contributed by atoms with Crippen LogP contribution in [0.15, 0.2) is 42.5 Å². The van der Waals surface area contributed by atoms with Gasteiger partial charge < -0.3 is 20.2 Å². The Kier molecular flexibility index (Phi) is 5.09. The Labute approximate surface area is 177 Å². The number of carbonyl (C=O) groups is 1. The number of halogens is 2. The molecule has 164 valence electrons. The molecule has 2 saturated heterocycles. The molecule has 0 radical (unpaired) electrons. The molecule has 8 nitrogen and oxygen atoms in total. The van der Waals surface area contributed by atoms with Crippen LogP contribution in [0.1, 0.15) is 19.3 Å². The smallest absolute Gasteiger partial charge is 0.322 e. The fraction of sp³-hybridized carbons (Fsp3) is 0.476. The summed E-state index contributed by atoms with van der Waals surface area (Å²) in [7, 11) is 0. The maximum Gasteiger partial charge on any atom is 0.322 e. The SMILES string of the molecule is O=C(Nc1cnn2ccc(N3CCC[C@@H]3C3C=C(F)C=CC3F)nc12)N1CC[C@H](O)C1. The molecule has 4 heterocycles. The lowest BCUT2D eigenvalue weighted by Gasteiger charge is -2.33.